The average molecular weight is 284 g/mol. The number of hydrogen-bond donors (Lipinski definition) is 1. The molecule has 0 fully saturated rings. The first-order chi connectivity index (χ1) is 10.1. The average Bonchev–Trinajstić information content (AvgIpc) is 2.47. The first-order valence-electron chi connectivity index (χ1n) is 7.10. The molecular formula is C17H20N2O2. The van der Waals surface area contributed by atoms with Gasteiger partial charge in [-0.3, -0.25) is 10.1 Å². The molecule has 0 amide bonds. The van der Waals surface area contributed by atoms with E-state index in [1.165, 1.54) is 17.2 Å². The summed E-state index contributed by atoms with van der Waals surface area (Å²) in [4.78, 5) is 10.6. The third-order valence-electron chi connectivity index (χ3n) is 3.72. The zero-order chi connectivity index (χ0) is 15.2. The number of nitro groups is 1. The summed E-state index contributed by atoms with van der Waals surface area (Å²) >= 11 is 0. The van der Waals surface area contributed by atoms with Crippen molar-refractivity contribution in [3.8, 4) is 0 Å². The standard InChI is InChI=1S/C17H20N2O2/c1-13-6-2-3-7-14(13)10-11-16(18)12-15-8-4-5-9-17(15)19(20)21/h2-9,16H,10-12,18H2,1H3. The van der Waals surface area contributed by atoms with Gasteiger partial charge in [0.1, 0.15) is 0 Å². The fraction of sp³-hybridized carbons (Fsp3) is 0.294. The van der Waals surface area contributed by atoms with Crippen LogP contribution < -0.4 is 5.73 Å². The molecule has 0 aliphatic rings. The van der Waals surface area contributed by atoms with Crippen molar-refractivity contribution >= 4 is 5.69 Å². The van der Waals surface area contributed by atoms with Crippen LogP contribution >= 0.6 is 0 Å². The van der Waals surface area contributed by atoms with E-state index in [-0.39, 0.29) is 16.7 Å². The SMILES string of the molecule is Cc1ccccc1CCC(N)Cc1ccccc1[N+](=O)[O-]. The van der Waals surface area contributed by atoms with E-state index in [4.69, 9.17) is 5.73 Å². The van der Waals surface area contributed by atoms with Gasteiger partial charge >= 0.3 is 0 Å². The molecule has 110 valence electrons. The fourth-order valence-electron chi connectivity index (χ4n) is 2.48. The summed E-state index contributed by atoms with van der Waals surface area (Å²) in [6, 6.07) is 15.0. The molecule has 0 heterocycles. The molecule has 1 unspecified atom stereocenters. The van der Waals surface area contributed by atoms with Crippen LogP contribution in [0.15, 0.2) is 48.5 Å². The molecule has 21 heavy (non-hydrogen) atoms. The van der Waals surface area contributed by atoms with Crippen LogP contribution in [-0.4, -0.2) is 11.0 Å². The lowest BCUT2D eigenvalue weighted by Gasteiger charge is -2.13. The second-order valence-electron chi connectivity index (χ2n) is 5.32. The molecule has 0 aliphatic carbocycles. The highest BCUT2D eigenvalue weighted by Crippen LogP contribution is 2.20. The number of nitro benzene ring substituents is 1. The third-order valence-corrected chi connectivity index (χ3v) is 3.72. The van der Waals surface area contributed by atoms with Gasteiger partial charge in [0.05, 0.1) is 4.92 Å². The van der Waals surface area contributed by atoms with E-state index < -0.39 is 0 Å². The van der Waals surface area contributed by atoms with Crippen molar-refractivity contribution < 1.29 is 4.92 Å². The quantitative estimate of drug-likeness (QED) is 0.653. The van der Waals surface area contributed by atoms with Crippen LogP contribution in [0.5, 0.6) is 0 Å². The third kappa shape index (κ3) is 4.13. The molecule has 0 saturated carbocycles. The summed E-state index contributed by atoms with van der Waals surface area (Å²) in [5.74, 6) is 0. The van der Waals surface area contributed by atoms with Gasteiger partial charge in [0.2, 0.25) is 0 Å². The second kappa shape index (κ2) is 6.99. The van der Waals surface area contributed by atoms with Gasteiger partial charge in [-0.1, -0.05) is 42.5 Å². The van der Waals surface area contributed by atoms with Crippen molar-refractivity contribution in [2.45, 2.75) is 32.2 Å². The highest BCUT2D eigenvalue weighted by atomic mass is 16.6. The van der Waals surface area contributed by atoms with E-state index in [0.717, 1.165) is 12.8 Å². The van der Waals surface area contributed by atoms with Crippen molar-refractivity contribution in [3.05, 3.63) is 75.3 Å². The molecule has 0 spiro atoms. The molecule has 0 bridgehead atoms. The normalized spacial score (nSPS) is 12.1. The highest BCUT2D eigenvalue weighted by molar-refractivity contribution is 5.40. The maximum Gasteiger partial charge on any atom is 0.272 e. The molecule has 1 atom stereocenters. The van der Waals surface area contributed by atoms with E-state index in [1.807, 2.05) is 18.2 Å². The number of nitrogens with zero attached hydrogens (tertiary/aromatic N) is 1. The lowest BCUT2D eigenvalue weighted by Crippen LogP contribution is -2.24. The van der Waals surface area contributed by atoms with Crippen molar-refractivity contribution in [1.82, 2.24) is 0 Å². The zero-order valence-electron chi connectivity index (χ0n) is 12.2. The lowest BCUT2D eigenvalue weighted by molar-refractivity contribution is -0.385. The van der Waals surface area contributed by atoms with Gasteiger partial charge in [-0.05, 0) is 37.3 Å². The Bertz CT molecular complexity index is 626. The fourth-order valence-corrected chi connectivity index (χ4v) is 2.48. The van der Waals surface area contributed by atoms with Gasteiger partial charge < -0.3 is 5.73 Å². The summed E-state index contributed by atoms with van der Waals surface area (Å²) in [5, 5.41) is 11.0. The Hall–Kier alpha value is -2.20. The molecule has 2 aromatic rings. The van der Waals surface area contributed by atoms with Crippen LogP contribution in [0.3, 0.4) is 0 Å². The van der Waals surface area contributed by atoms with Crippen LogP contribution in [0, 0.1) is 17.0 Å². The Kier molecular flexibility index (Phi) is 5.06. The molecule has 2 N–H and O–H groups in total. The summed E-state index contributed by atoms with van der Waals surface area (Å²) in [5.41, 5.74) is 9.56. The van der Waals surface area contributed by atoms with Crippen LogP contribution in [0.4, 0.5) is 5.69 Å². The van der Waals surface area contributed by atoms with Crippen LogP contribution in [0.1, 0.15) is 23.1 Å². The Morgan fingerprint density at radius 3 is 2.38 bits per heavy atom. The molecule has 0 aliphatic heterocycles. The van der Waals surface area contributed by atoms with E-state index in [2.05, 4.69) is 19.1 Å². The Labute approximate surface area is 124 Å². The predicted molar refractivity (Wildman–Crippen MR) is 84.3 cm³/mol. The Balaban J connectivity index is 1.98. The maximum absolute atomic E-state index is 11.0. The highest BCUT2D eigenvalue weighted by Gasteiger charge is 2.15. The molecule has 0 radical (unpaired) electrons. The smallest absolute Gasteiger partial charge is 0.272 e. The van der Waals surface area contributed by atoms with Crippen molar-refractivity contribution in [1.29, 1.82) is 0 Å². The van der Waals surface area contributed by atoms with Crippen molar-refractivity contribution in [2.24, 2.45) is 5.73 Å². The van der Waals surface area contributed by atoms with Crippen LogP contribution in [0.2, 0.25) is 0 Å². The molecule has 0 aromatic heterocycles. The summed E-state index contributed by atoms with van der Waals surface area (Å²) in [6.07, 6.45) is 2.24. The van der Waals surface area contributed by atoms with Gasteiger partial charge in [0.15, 0.2) is 0 Å². The molecule has 2 rings (SSSR count). The van der Waals surface area contributed by atoms with E-state index in [0.29, 0.717) is 12.0 Å². The number of para-hydroxylation sites is 1. The van der Waals surface area contributed by atoms with Crippen molar-refractivity contribution in [3.63, 3.8) is 0 Å². The summed E-state index contributed by atoms with van der Waals surface area (Å²) in [6.45, 7) is 2.09. The first-order valence-corrected chi connectivity index (χ1v) is 7.10. The molecule has 4 nitrogen and oxygen atoms in total. The molecular weight excluding hydrogens is 264 g/mol. The molecule has 0 saturated heterocycles. The van der Waals surface area contributed by atoms with Gasteiger partial charge in [0, 0.05) is 17.7 Å². The maximum atomic E-state index is 11.0. The minimum atomic E-state index is -0.344. The largest absolute Gasteiger partial charge is 0.327 e. The number of aryl methyl sites for hydroxylation is 2. The number of nitrogens with two attached hydrogens (primary N) is 1. The Morgan fingerprint density at radius 2 is 1.71 bits per heavy atom. The zero-order valence-corrected chi connectivity index (χ0v) is 12.2. The minimum Gasteiger partial charge on any atom is -0.327 e. The van der Waals surface area contributed by atoms with Gasteiger partial charge in [0.25, 0.3) is 5.69 Å². The first kappa shape index (κ1) is 15.2. The monoisotopic (exact) mass is 284 g/mol. The minimum absolute atomic E-state index is 0.0780. The Morgan fingerprint density at radius 1 is 1.10 bits per heavy atom. The van der Waals surface area contributed by atoms with E-state index in [1.54, 1.807) is 12.1 Å². The molecule has 4 heteroatoms. The van der Waals surface area contributed by atoms with Crippen LogP contribution in [0.25, 0.3) is 0 Å². The molecule has 2 aromatic carbocycles. The van der Waals surface area contributed by atoms with Gasteiger partial charge in [-0.25, -0.2) is 0 Å². The number of hydrogen-bond acceptors (Lipinski definition) is 3. The summed E-state index contributed by atoms with van der Waals surface area (Å²) in [7, 11) is 0. The van der Waals surface area contributed by atoms with Gasteiger partial charge in [-0.15, -0.1) is 0 Å². The predicted octanol–water partition coefficient (Wildman–Crippen LogP) is 3.41. The van der Waals surface area contributed by atoms with E-state index in [9.17, 15) is 10.1 Å². The van der Waals surface area contributed by atoms with Gasteiger partial charge in [-0.2, -0.15) is 0 Å². The topological polar surface area (TPSA) is 69.2 Å². The number of benzene rings is 2. The summed E-state index contributed by atoms with van der Waals surface area (Å²) < 4.78 is 0. The number of rotatable bonds is 6. The lowest BCUT2D eigenvalue weighted by atomic mass is 9.97. The second-order valence-corrected chi connectivity index (χ2v) is 5.32. The van der Waals surface area contributed by atoms with Crippen molar-refractivity contribution in [2.75, 3.05) is 0 Å². The van der Waals surface area contributed by atoms with E-state index >= 15 is 0 Å². The van der Waals surface area contributed by atoms with Crippen LogP contribution in [-0.2, 0) is 12.8 Å².